The van der Waals surface area contributed by atoms with E-state index in [-0.39, 0.29) is 43.0 Å². The quantitative estimate of drug-likeness (QED) is 0.472. The molecule has 1 aromatic rings. The molecule has 0 aliphatic carbocycles. The number of benzene rings is 1. The number of amides is 4. The van der Waals surface area contributed by atoms with E-state index in [4.69, 9.17) is 4.74 Å². The van der Waals surface area contributed by atoms with Crippen molar-refractivity contribution in [2.75, 3.05) is 26.2 Å². The third-order valence-electron chi connectivity index (χ3n) is 4.80. The first kappa shape index (κ1) is 25.2. The number of likely N-dealkylation sites (tertiary alicyclic amines) is 1. The molecule has 9 heteroatoms. The van der Waals surface area contributed by atoms with E-state index in [1.807, 2.05) is 30.3 Å². The van der Waals surface area contributed by atoms with Gasteiger partial charge in [-0.1, -0.05) is 30.3 Å². The van der Waals surface area contributed by atoms with Gasteiger partial charge >= 0.3 is 6.09 Å². The van der Waals surface area contributed by atoms with Gasteiger partial charge in [-0.2, -0.15) is 0 Å². The van der Waals surface area contributed by atoms with Gasteiger partial charge < -0.3 is 25.6 Å². The Hall–Kier alpha value is -3.10. The van der Waals surface area contributed by atoms with Crippen LogP contribution in [0.2, 0.25) is 0 Å². The summed E-state index contributed by atoms with van der Waals surface area (Å²) in [5.74, 6) is -0.687. The first-order chi connectivity index (χ1) is 15.1. The van der Waals surface area contributed by atoms with Crippen LogP contribution in [-0.4, -0.2) is 60.5 Å². The van der Waals surface area contributed by atoms with Crippen LogP contribution in [0.1, 0.15) is 45.6 Å². The summed E-state index contributed by atoms with van der Waals surface area (Å²) >= 11 is 0. The van der Waals surface area contributed by atoms with E-state index in [9.17, 15) is 19.2 Å². The first-order valence-electron chi connectivity index (χ1n) is 11.0. The molecule has 1 fully saturated rings. The molecule has 3 N–H and O–H groups in total. The van der Waals surface area contributed by atoms with Crippen LogP contribution in [0.3, 0.4) is 0 Å². The van der Waals surface area contributed by atoms with Crippen molar-refractivity contribution in [3.05, 3.63) is 35.9 Å². The van der Waals surface area contributed by atoms with E-state index in [1.54, 1.807) is 25.7 Å². The third kappa shape index (κ3) is 9.36. The SMILES string of the molecule is CC(C)(C)OC(=O)NCCC(=O)NCCCNC(=O)C1CC(=O)N(Cc2ccccc2)C1. The highest BCUT2D eigenvalue weighted by atomic mass is 16.6. The van der Waals surface area contributed by atoms with Crippen molar-refractivity contribution >= 4 is 23.8 Å². The molecule has 0 spiro atoms. The van der Waals surface area contributed by atoms with Gasteiger partial charge in [-0.05, 0) is 32.8 Å². The van der Waals surface area contributed by atoms with Crippen molar-refractivity contribution in [2.45, 2.75) is 52.2 Å². The molecular formula is C23H34N4O5. The van der Waals surface area contributed by atoms with Crippen LogP contribution in [0, 0.1) is 5.92 Å². The summed E-state index contributed by atoms with van der Waals surface area (Å²) in [7, 11) is 0. The molecule has 0 bridgehead atoms. The van der Waals surface area contributed by atoms with Gasteiger partial charge in [-0.3, -0.25) is 14.4 Å². The van der Waals surface area contributed by atoms with E-state index in [2.05, 4.69) is 16.0 Å². The van der Waals surface area contributed by atoms with Gasteiger partial charge in [0.05, 0.1) is 5.92 Å². The molecule has 4 amide bonds. The number of carbonyl (C=O) groups is 4. The molecule has 9 nitrogen and oxygen atoms in total. The summed E-state index contributed by atoms with van der Waals surface area (Å²) < 4.78 is 5.09. The Morgan fingerprint density at radius 3 is 2.41 bits per heavy atom. The van der Waals surface area contributed by atoms with Crippen LogP contribution in [0.25, 0.3) is 0 Å². The van der Waals surface area contributed by atoms with Gasteiger partial charge in [0.15, 0.2) is 0 Å². The van der Waals surface area contributed by atoms with E-state index in [0.717, 1.165) is 5.56 Å². The van der Waals surface area contributed by atoms with Crippen molar-refractivity contribution in [3.63, 3.8) is 0 Å². The zero-order valence-electron chi connectivity index (χ0n) is 19.1. The summed E-state index contributed by atoms with van der Waals surface area (Å²) in [5.41, 5.74) is 0.460. The Labute approximate surface area is 189 Å². The maximum Gasteiger partial charge on any atom is 0.407 e. The van der Waals surface area contributed by atoms with Gasteiger partial charge in [-0.15, -0.1) is 0 Å². The smallest absolute Gasteiger partial charge is 0.407 e. The number of hydrogen-bond acceptors (Lipinski definition) is 5. The lowest BCUT2D eigenvalue weighted by atomic mass is 10.1. The Balaban J connectivity index is 1.55. The zero-order chi connectivity index (χ0) is 23.6. The van der Waals surface area contributed by atoms with Crippen LogP contribution in [-0.2, 0) is 25.7 Å². The fraction of sp³-hybridized carbons (Fsp3) is 0.565. The number of hydrogen-bond donors (Lipinski definition) is 3. The largest absolute Gasteiger partial charge is 0.444 e. The molecule has 1 aliphatic heterocycles. The van der Waals surface area contributed by atoms with Crippen molar-refractivity contribution in [2.24, 2.45) is 5.92 Å². The van der Waals surface area contributed by atoms with E-state index < -0.39 is 11.7 Å². The van der Waals surface area contributed by atoms with Crippen LogP contribution in [0.4, 0.5) is 4.79 Å². The van der Waals surface area contributed by atoms with Gasteiger partial charge in [0.2, 0.25) is 17.7 Å². The van der Waals surface area contributed by atoms with E-state index >= 15 is 0 Å². The normalized spacial score (nSPS) is 15.9. The van der Waals surface area contributed by atoms with Crippen molar-refractivity contribution < 1.29 is 23.9 Å². The predicted octanol–water partition coefficient (Wildman–Crippen LogP) is 1.57. The van der Waals surface area contributed by atoms with Gasteiger partial charge in [0.1, 0.15) is 5.60 Å². The molecule has 176 valence electrons. The molecule has 2 rings (SSSR count). The summed E-state index contributed by atoms with van der Waals surface area (Å²) in [6, 6.07) is 9.70. The molecule has 0 radical (unpaired) electrons. The summed E-state index contributed by atoms with van der Waals surface area (Å²) in [4.78, 5) is 49.6. The highest BCUT2D eigenvalue weighted by Gasteiger charge is 2.33. The van der Waals surface area contributed by atoms with Gasteiger partial charge in [-0.25, -0.2) is 4.79 Å². The minimum Gasteiger partial charge on any atom is -0.444 e. The highest BCUT2D eigenvalue weighted by Crippen LogP contribution is 2.20. The number of rotatable bonds is 10. The van der Waals surface area contributed by atoms with Crippen LogP contribution < -0.4 is 16.0 Å². The molecule has 1 heterocycles. The number of ether oxygens (including phenoxy) is 1. The first-order valence-corrected chi connectivity index (χ1v) is 11.0. The minimum atomic E-state index is -0.581. The molecule has 1 unspecified atom stereocenters. The fourth-order valence-corrected chi connectivity index (χ4v) is 3.26. The fourth-order valence-electron chi connectivity index (χ4n) is 3.26. The van der Waals surface area contributed by atoms with Crippen LogP contribution >= 0.6 is 0 Å². The third-order valence-corrected chi connectivity index (χ3v) is 4.80. The Morgan fingerprint density at radius 2 is 1.72 bits per heavy atom. The van der Waals surface area contributed by atoms with Crippen LogP contribution in [0.15, 0.2) is 30.3 Å². The topological polar surface area (TPSA) is 117 Å². The van der Waals surface area contributed by atoms with E-state index in [1.165, 1.54) is 0 Å². The molecule has 0 aromatic heterocycles. The Morgan fingerprint density at radius 1 is 1.03 bits per heavy atom. The minimum absolute atomic E-state index is 0.0127. The molecule has 0 saturated carbocycles. The van der Waals surface area contributed by atoms with Crippen molar-refractivity contribution in [3.8, 4) is 0 Å². The second-order valence-corrected chi connectivity index (χ2v) is 8.83. The monoisotopic (exact) mass is 446 g/mol. The molecule has 1 atom stereocenters. The maximum absolute atomic E-state index is 12.4. The number of alkyl carbamates (subject to hydrolysis) is 1. The standard InChI is InChI=1S/C23H34N4O5/c1-23(2,3)32-22(31)26-13-10-19(28)24-11-7-12-25-21(30)18-14-20(29)27(16-18)15-17-8-5-4-6-9-17/h4-6,8-9,18H,7,10-16H2,1-3H3,(H,24,28)(H,25,30)(H,26,31). The maximum atomic E-state index is 12.4. The Kier molecular flexibility index (Phi) is 9.49. The lowest BCUT2D eigenvalue weighted by Gasteiger charge is -2.19. The summed E-state index contributed by atoms with van der Waals surface area (Å²) in [5, 5.41) is 8.11. The lowest BCUT2D eigenvalue weighted by molar-refractivity contribution is -0.129. The second kappa shape index (κ2) is 12.1. The van der Waals surface area contributed by atoms with E-state index in [0.29, 0.717) is 32.6 Å². The Bertz CT molecular complexity index is 791. The lowest BCUT2D eigenvalue weighted by Crippen LogP contribution is -2.36. The summed E-state index contributed by atoms with van der Waals surface area (Å²) in [6.07, 6.45) is 0.388. The number of nitrogens with zero attached hydrogens (tertiary/aromatic N) is 1. The summed E-state index contributed by atoms with van der Waals surface area (Å²) in [6.45, 7) is 7.25. The number of nitrogens with one attached hydrogen (secondary N) is 3. The van der Waals surface area contributed by atoms with Crippen LogP contribution in [0.5, 0.6) is 0 Å². The molecule has 1 aromatic carbocycles. The zero-order valence-corrected chi connectivity index (χ0v) is 19.1. The average Bonchev–Trinajstić information content (AvgIpc) is 3.07. The average molecular weight is 447 g/mol. The van der Waals surface area contributed by atoms with Crippen molar-refractivity contribution in [1.29, 1.82) is 0 Å². The predicted molar refractivity (Wildman–Crippen MR) is 119 cm³/mol. The highest BCUT2D eigenvalue weighted by molar-refractivity contribution is 5.89. The molecular weight excluding hydrogens is 412 g/mol. The van der Waals surface area contributed by atoms with Crippen molar-refractivity contribution in [1.82, 2.24) is 20.9 Å². The second-order valence-electron chi connectivity index (χ2n) is 8.83. The molecule has 32 heavy (non-hydrogen) atoms. The molecule has 1 aliphatic rings. The molecule has 1 saturated heterocycles. The van der Waals surface area contributed by atoms with Gasteiger partial charge in [0.25, 0.3) is 0 Å². The number of carbonyl (C=O) groups excluding carboxylic acids is 4. The van der Waals surface area contributed by atoms with Gasteiger partial charge in [0, 0.05) is 45.6 Å².